The van der Waals surface area contributed by atoms with Crippen LogP contribution in [0.5, 0.6) is 0 Å². The van der Waals surface area contributed by atoms with Crippen molar-refractivity contribution in [3.8, 4) is 0 Å². The van der Waals surface area contributed by atoms with Crippen molar-refractivity contribution in [3.63, 3.8) is 0 Å². The van der Waals surface area contributed by atoms with Gasteiger partial charge in [0, 0.05) is 40.8 Å². The topological polar surface area (TPSA) is 56.9 Å². The number of nitrogens with one attached hydrogen (secondary N) is 3. The van der Waals surface area contributed by atoms with Crippen LogP contribution >= 0.6 is 0 Å². The Balaban J connectivity index is 1.69. The molecule has 1 aliphatic rings. The molecule has 4 nitrogen and oxygen atoms in total. The first-order chi connectivity index (χ1) is 12.6. The van der Waals surface area contributed by atoms with E-state index < -0.39 is 0 Å². The van der Waals surface area contributed by atoms with Crippen molar-refractivity contribution in [2.45, 2.75) is 84.2 Å². The summed E-state index contributed by atoms with van der Waals surface area (Å²) in [5.41, 5.74) is 4.88. The predicted octanol–water partition coefficient (Wildman–Crippen LogP) is 4.93. The maximum atomic E-state index is 12.2. The Morgan fingerprint density at radius 3 is 2.88 bits per heavy atom. The Morgan fingerprint density at radius 2 is 2.12 bits per heavy atom. The molecule has 1 aromatic carbocycles. The Morgan fingerprint density at radius 1 is 1.27 bits per heavy atom. The van der Waals surface area contributed by atoms with Gasteiger partial charge in [0.05, 0.1) is 0 Å². The molecule has 3 rings (SSSR count). The van der Waals surface area contributed by atoms with Crippen LogP contribution in [-0.4, -0.2) is 23.0 Å². The number of amides is 1. The summed E-state index contributed by atoms with van der Waals surface area (Å²) in [7, 11) is 0. The van der Waals surface area contributed by atoms with Crippen molar-refractivity contribution in [1.82, 2.24) is 10.3 Å². The zero-order valence-corrected chi connectivity index (χ0v) is 16.5. The fraction of sp³-hybridized carbons (Fsp3) is 0.591. The van der Waals surface area contributed by atoms with Gasteiger partial charge < -0.3 is 15.6 Å². The van der Waals surface area contributed by atoms with Gasteiger partial charge in [-0.1, -0.05) is 40.0 Å². The highest BCUT2D eigenvalue weighted by Crippen LogP contribution is 2.31. The third-order valence-corrected chi connectivity index (χ3v) is 5.30. The molecule has 4 heteroatoms. The molecule has 1 aromatic heterocycles. The smallest absolute Gasteiger partial charge is 0.224 e. The Bertz CT molecular complexity index is 747. The van der Waals surface area contributed by atoms with Crippen LogP contribution in [0, 0.1) is 0 Å². The number of anilines is 1. The minimum Gasteiger partial charge on any atom is -0.358 e. The molecule has 1 aliphatic carbocycles. The van der Waals surface area contributed by atoms with Crippen LogP contribution in [-0.2, 0) is 17.6 Å². The maximum absolute atomic E-state index is 12.2. The number of hydrogen-bond acceptors (Lipinski definition) is 2. The van der Waals surface area contributed by atoms with Gasteiger partial charge in [-0.2, -0.15) is 0 Å². The van der Waals surface area contributed by atoms with Gasteiger partial charge in [0.15, 0.2) is 0 Å². The highest BCUT2D eigenvalue weighted by molar-refractivity contribution is 5.95. The molecule has 2 aromatic rings. The van der Waals surface area contributed by atoms with E-state index in [1.807, 2.05) is 6.07 Å². The summed E-state index contributed by atoms with van der Waals surface area (Å²) < 4.78 is 0. The largest absolute Gasteiger partial charge is 0.358 e. The number of unbranched alkanes of at least 4 members (excludes halogenated alkanes) is 3. The van der Waals surface area contributed by atoms with Gasteiger partial charge in [0.2, 0.25) is 5.91 Å². The van der Waals surface area contributed by atoms with Gasteiger partial charge in [-0.15, -0.1) is 0 Å². The lowest BCUT2D eigenvalue weighted by Crippen LogP contribution is -2.38. The molecule has 1 heterocycles. The second-order valence-electron chi connectivity index (χ2n) is 7.96. The highest BCUT2D eigenvalue weighted by Gasteiger charge is 2.23. The number of aryl methyl sites for hydroxylation is 1. The molecule has 1 atom stereocenters. The number of aromatic nitrogens is 1. The van der Waals surface area contributed by atoms with Gasteiger partial charge >= 0.3 is 0 Å². The van der Waals surface area contributed by atoms with E-state index >= 15 is 0 Å². The molecular formula is C22H33N3O. The molecule has 0 aliphatic heterocycles. The number of aromatic amines is 1. The van der Waals surface area contributed by atoms with Gasteiger partial charge in [-0.3, -0.25) is 4.79 Å². The van der Waals surface area contributed by atoms with E-state index in [9.17, 15) is 4.79 Å². The van der Waals surface area contributed by atoms with E-state index in [-0.39, 0.29) is 5.91 Å². The first kappa shape index (κ1) is 19.0. The molecule has 0 spiro atoms. The third kappa shape index (κ3) is 4.67. The third-order valence-electron chi connectivity index (χ3n) is 5.30. The average Bonchev–Trinajstić information content (AvgIpc) is 2.96. The summed E-state index contributed by atoms with van der Waals surface area (Å²) in [5, 5.41) is 8.02. The number of fused-ring (bicyclic) bond motifs is 3. The van der Waals surface area contributed by atoms with Crippen LogP contribution in [0.15, 0.2) is 18.2 Å². The number of carbonyl (C=O) groups is 1. The molecule has 0 saturated heterocycles. The van der Waals surface area contributed by atoms with Crippen LogP contribution in [0.4, 0.5) is 5.69 Å². The van der Waals surface area contributed by atoms with E-state index in [1.165, 1.54) is 41.4 Å². The van der Waals surface area contributed by atoms with E-state index in [0.29, 0.717) is 18.5 Å². The number of benzene rings is 1. The summed E-state index contributed by atoms with van der Waals surface area (Å²) in [4.78, 5) is 15.8. The lowest BCUT2D eigenvalue weighted by molar-refractivity contribution is -0.116. The zero-order chi connectivity index (χ0) is 18.5. The van der Waals surface area contributed by atoms with E-state index in [4.69, 9.17) is 0 Å². The van der Waals surface area contributed by atoms with Gasteiger partial charge in [0.1, 0.15) is 0 Å². The van der Waals surface area contributed by atoms with E-state index in [1.54, 1.807) is 0 Å². The SMILES string of the molecule is CCCCCCC(=O)Nc1ccc2[nH]c3c(c2c1)CC(NC(C)C)CC3. The summed E-state index contributed by atoms with van der Waals surface area (Å²) in [5.74, 6) is 0.129. The minimum absolute atomic E-state index is 0.129. The fourth-order valence-electron chi connectivity index (χ4n) is 4.04. The highest BCUT2D eigenvalue weighted by atomic mass is 16.1. The second-order valence-corrected chi connectivity index (χ2v) is 7.96. The molecule has 0 fully saturated rings. The van der Waals surface area contributed by atoms with Crippen molar-refractivity contribution >= 4 is 22.5 Å². The van der Waals surface area contributed by atoms with Crippen molar-refractivity contribution in [3.05, 3.63) is 29.5 Å². The van der Waals surface area contributed by atoms with Crippen LogP contribution in [0.25, 0.3) is 10.9 Å². The molecule has 0 radical (unpaired) electrons. The quantitative estimate of drug-likeness (QED) is 0.588. The van der Waals surface area contributed by atoms with Gasteiger partial charge in [-0.05, 0) is 49.4 Å². The molecule has 0 saturated carbocycles. The van der Waals surface area contributed by atoms with E-state index in [0.717, 1.165) is 31.4 Å². The predicted molar refractivity (Wildman–Crippen MR) is 110 cm³/mol. The van der Waals surface area contributed by atoms with Gasteiger partial charge in [0.25, 0.3) is 0 Å². The molecule has 3 N–H and O–H groups in total. The lowest BCUT2D eigenvalue weighted by atomic mass is 9.91. The Labute approximate surface area is 157 Å². The van der Waals surface area contributed by atoms with Crippen molar-refractivity contribution in [2.75, 3.05) is 5.32 Å². The molecule has 1 unspecified atom stereocenters. The second kappa shape index (κ2) is 8.72. The Kier molecular flexibility index (Phi) is 6.36. The summed E-state index contributed by atoms with van der Waals surface area (Å²) in [6, 6.07) is 7.31. The van der Waals surface area contributed by atoms with Crippen molar-refractivity contribution < 1.29 is 4.79 Å². The number of H-pyrrole nitrogens is 1. The molecule has 26 heavy (non-hydrogen) atoms. The molecular weight excluding hydrogens is 322 g/mol. The molecule has 1 amide bonds. The standard InChI is InChI=1S/C22H33N3O/c1-4-5-6-7-8-22(26)24-17-10-12-21-19(14-17)18-13-16(23-15(2)3)9-11-20(18)25-21/h10,12,14-16,23,25H,4-9,11,13H2,1-3H3,(H,24,26). The lowest BCUT2D eigenvalue weighted by Gasteiger charge is -2.25. The maximum Gasteiger partial charge on any atom is 0.224 e. The van der Waals surface area contributed by atoms with Crippen LogP contribution in [0.2, 0.25) is 0 Å². The van der Waals surface area contributed by atoms with Crippen LogP contribution in [0.3, 0.4) is 0 Å². The Hall–Kier alpha value is -1.81. The first-order valence-corrected chi connectivity index (χ1v) is 10.3. The zero-order valence-electron chi connectivity index (χ0n) is 16.5. The van der Waals surface area contributed by atoms with Gasteiger partial charge in [-0.25, -0.2) is 0 Å². The molecule has 142 valence electrons. The monoisotopic (exact) mass is 355 g/mol. The number of rotatable bonds is 8. The van der Waals surface area contributed by atoms with Crippen LogP contribution < -0.4 is 10.6 Å². The summed E-state index contributed by atoms with van der Waals surface area (Å²) in [6.45, 7) is 6.60. The van der Waals surface area contributed by atoms with Crippen molar-refractivity contribution in [2.24, 2.45) is 0 Å². The average molecular weight is 356 g/mol. The summed E-state index contributed by atoms with van der Waals surface area (Å²) in [6.07, 6.45) is 8.46. The fourth-order valence-corrected chi connectivity index (χ4v) is 4.04. The van der Waals surface area contributed by atoms with Crippen LogP contribution in [0.1, 0.15) is 70.6 Å². The van der Waals surface area contributed by atoms with Crippen molar-refractivity contribution in [1.29, 1.82) is 0 Å². The first-order valence-electron chi connectivity index (χ1n) is 10.3. The minimum atomic E-state index is 0.129. The van der Waals surface area contributed by atoms with E-state index in [2.05, 4.69) is 48.5 Å². The molecule has 0 bridgehead atoms. The number of hydrogen-bond donors (Lipinski definition) is 3. The summed E-state index contributed by atoms with van der Waals surface area (Å²) >= 11 is 0. The normalized spacial score (nSPS) is 16.8. The number of carbonyl (C=O) groups excluding carboxylic acids is 1.